The number of amides is 1. The van der Waals surface area contributed by atoms with Gasteiger partial charge in [-0.25, -0.2) is 12.6 Å². The molecule has 1 aliphatic rings. The van der Waals surface area contributed by atoms with Crippen LogP contribution < -0.4 is 11.1 Å². The third kappa shape index (κ3) is 4.49. The van der Waals surface area contributed by atoms with Crippen LogP contribution in [-0.2, 0) is 16.5 Å². The van der Waals surface area contributed by atoms with E-state index in [1.165, 1.54) is 27.9 Å². The molecule has 1 aliphatic heterocycles. The van der Waals surface area contributed by atoms with Gasteiger partial charge in [0, 0.05) is 22.4 Å². The molecule has 0 spiro atoms. The van der Waals surface area contributed by atoms with E-state index in [0.717, 1.165) is 11.1 Å². The number of para-hydroxylation sites is 1. The van der Waals surface area contributed by atoms with E-state index in [4.69, 9.17) is 5.73 Å². The van der Waals surface area contributed by atoms with Gasteiger partial charge in [0.25, 0.3) is 5.91 Å². The molecule has 1 amide bonds. The summed E-state index contributed by atoms with van der Waals surface area (Å²) in [5, 5.41) is 4.06. The van der Waals surface area contributed by atoms with Gasteiger partial charge in [0.1, 0.15) is 11.5 Å². The Balaban J connectivity index is 1.53. The average Bonchev–Trinajstić information content (AvgIpc) is 3.25. The Hall–Kier alpha value is -3.43. The van der Waals surface area contributed by atoms with Gasteiger partial charge >= 0.3 is 0 Å². The van der Waals surface area contributed by atoms with Crippen molar-refractivity contribution in [2.24, 2.45) is 10.7 Å². The lowest BCUT2D eigenvalue weighted by Crippen LogP contribution is -2.30. The molecule has 5 rings (SSSR count). The number of aliphatic imine (C=N–C) groups is 1. The van der Waals surface area contributed by atoms with Crippen LogP contribution in [0, 0.1) is 5.82 Å². The summed E-state index contributed by atoms with van der Waals surface area (Å²) in [6.45, 7) is 1.84. The molecule has 0 aliphatic carbocycles. The number of carbonyl (C=O) groups is 1. The first-order valence-electron chi connectivity index (χ1n) is 11.0. The molecule has 3 aromatic carbocycles. The van der Waals surface area contributed by atoms with Crippen LogP contribution in [0.25, 0.3) is 10.9 Å². The van der Waals surface area contributed by atoms with Crippen LogP contribution in [0.15, 0.2) is 88.8 Å². The second-order valence-corrected chi connectivity index (χ2v) is 10.9. The second-order valence-electron chi connectivity index (χ2n) is 8.42. The predicted octanol–water partition coefficient (Wildman–Crippen LogP) is 5.27. The minimum Gasteiger partial charge on any atom is -0.379 e. The third-order valence-electron chi connectivity index (χ3n) is 6.01. The summed E-state index contributed by atoms with van der Waals surface area (Å²) in [6, 6.07) is 22.5. The number of hydrogen-bond donors (Lipinski definition) is 2. The number of hydrogen-bond acceptors (Lipinski definition) is 5. The highest BCUT2D eigenvalue weighted by Crippen LogP contribution is 2.37. The van der Waals surface area contributed by atoms with Crippen LogP contribution in [0.4, 0.5) is 10.1 Å². The lowest BCUT2D eigenvalue weighted by atomic mass is 9.89. The maximum atomic E-state index is 14.8. The van der Waals surface area contributed by atoms with E-state index in [9.17, 15) is 13.4 Å². The molecule has 2 unspecified atom stereocenters. The number of thioether (sulfide) groups is 1. The van der Waals surface area contributed by atoms with Crippen molar-refractivity contribution in [3.8, 4) is 0 Å². The fourth-order valence-electron chi connectivity index (χ4n) is 4.20. The van der Waals surface area contributed by atoms with Gasteiger partial charge in [-0.05, 0) is 55.8 Å². The Morgan fingerprint density at radius 1 is 1.11 bits per heavy atom. The zero-order valence-corrected chi connectivity index (χ0v) is 20.5. The Bertz CT molecular complexity index is 1490. The first-order chi connectivity index (χ1) is 16.9. The zero-order valence-electron chi connectivity index (χ0n) is 18.9. The Kier molecular flexibility index (Phi) is 6.21. The molecule has 2 heterocycles. The number of aromatic nitrogens is 1. The highest BCUT2D eigenvalue weighted by atomic mass is 32.2. The van der Waals surface area contributed by atoms with Gasteiger partial charge in [-0.1, -0.05) is 48.2 Å². The number of nitrogens with one attached hydrogen (secondary N) is 1. The summed E-state index contributed by atoms with van der Waals surface area (Å²) in [5.41, 5.74) is 6.80. The van der Waals surface area contributed by atoms with Gasteiger partial charge in [-0.2, -0.15) is 0 Å². The number of amidine groups is 1. The van der Waals surface area contributed by atoms with Gasteiger partial charge in [-0.3, -0.25) is 9.79 Å². The van der Waals surface area contributed by atoms with E-state index in [-0.39, 0.29) is 5.69 Å². The van der Waals surface area contributed by atoms with Crippen LogP contribution in [0.5, 0.6) is 0 Å². The molecule has 1 aromatic heterocycles. The summed E-state index contributed by atoms with van der Waals surface area (Å²) < 4.78 is 29.8. The number of halogens is 1. The van der Waals surface area contributed by atoms with E-state index in [1.54, 1.807) is 36.4 Å². The van der Waals surface area contributed by atoms with E-state index in [2.05, 4.69) is 10.3 Å². The maximum absolute atomic E-state index is 14.8. The second kappa shape index (κ2) is 9.31. The molecule has 9 heteroatoms. The molecular weight excluding hydrogens is 483 g/mol. The number of carbonyl (C=O) groups excluding carboxylic acids is 1. The molecule has 0 radical (unpaired) electrons. The maximum Gasteiger partial charge on any atom is 0.273 e. The predicted molar refractivity (Wildman–Crippen MR) is 141 cm³/mol. The van der Waals surface area contributed by atoms with Crippen molar-refractivity contribution < 1.29 is 13.4 Å². The Morgan fingerprint density at radius 3 is 2.63 bits per heavy atom. The minimum atomic E-state index is -1.64. The number of benzene rings is 3. The average molecular weight is 507 g/mol. The first kappa shape index (κ1) is 23.3. The van der Waals surface area contributed by atoms with Crippen molar-refractivity contribution in [1.29, 1.82) is 0 Å². The van der Waals surface area contributed by atoms with Gasteiger partial charge in [0.2, 0.25) is 0 Å². The molecule has 0 saturated carbocycles. The van der Waals surface area contributed by atoms with Crippen LogP contribution in [0.2, 0.25) is 0 Å². The van der Waals surface area contributed by atoms with Gasteiger partial charge in [0.05, 0.1) is 16.0 Å². The quantitative estimate of drug-likeness (QED) is 0.386. The molecule has 0 saturated heterocycles. The zero-order chi connectivity index (χ0) is 24.6. The molecule has 35 heavy (non-hydrogen) atoms. The van der Waals surface area contributed by atoms with Crippen molar-refractivity contribution in [1.82, 2.24) is 3.97 Å². The van der Waals surface area contributed by atoms with Crippen molar-refractivity contribution in [2.45, 2.75) is 23.8 Å². The lowest BCUT2D eigenvalue weighted by molar-refractivity contribution is 0.102. The van der Waals surface area contributed by atoms with E-state index in [0.29, 0.717) is 33.3 Å². The van der Waals surface area contributed by atoms with Gasteiger partial charge < -0.3 is 11.1 Å². The Morgan fingerprint density at radius 2 is 1.86 bits per heavy atom. The molecule has 4 aromatic rings. The molecule has 0 fully saturated rings. The molecule has 178 valence electrons. The monoisotopic (exact) mass is 506 g/mol. The summed E-state index contributed by atoms with van der Waals surface area (Å²) in [4.78, 5) is 18.5. The van der Waals surface area contributed by atoms with Gasteiger partial charge in [0.15, 0.2) is 16.2 Å². The van der Waals surface area contributed by atoms with Crippen LogP contribution in [0.1, 0.15) is 29.4 Å². The molecule has 6 nitrogen and oxygen atoms in total. The number of anilines is 1. The number of nitrogens with zero attached hydrogens (tertiary/aromatic N) is 2. The molecular formula is C26H23FN4O2S2. The van der Waals surface area contributed by atoms with Crippen LogP contribution in [-0.4, -0.2) is 25.0 Å². The molecule has 3 N–H and O–H groups in total. The minimum absolute atomic E-state index is 0.238. The van der Waals surface area contributed by atoms with Gasteiger partial charge in [-0.15, -0.1) is 0 Å². The highest BCUT2D eigenvalue weighted by molar-refractivity contribution is 8.13. The van der Waals surface area contributed by atoms with Crippen LogP contribution >= 0.6 is 11.8 Å². The normalized spacial score (nSPS) is 18.7. The summed E-state index contributed by atoms with van der Waals surface area (Å²) in [7, 11) is -1.64. The van der Waals surface area contributed by atoms with E-state index < -0.39 is 28.2 Å². The SMILES string of the molecule is CC1(c2cc(NC(=O)c3cc4ccccc4n3S(=O)c3ccccc3)ccc2F)CCSC(N)=N1. The van der Waals surface area contributed by atoms with Crippen LogP contribution in [0.3, 0.4) is 0 Å². The summed E-state index contributed by atoms with van der Waals surface area (Å²) in [6.07, 6.45) is 0.622. The number of nitrogens with two attached hydrogens (primary N) is 1. The van der Waals surface area contributed by atoms with Crippen molar-refractivity contribution in [2.75, 3.05) is 11.1 Å². The van der Waals surface area contributed by atoms with Crippen molar-refractivity contribution >= 4 is 50.4 Å². The largest absolute Gasteiger partial charge is 0.379 e. The van der Waals surface area contributed by atoms with E-state index >= 15 is 0 Å². The fraction of sp³-hybridized carbons (Fsp3) is 0.154. The van der Waals surface area contributed by atoms with E-state index in [1.807, 2.05) is 37.3 Å². The highest BCUT2D eigenvalue weighted by Gasteiger charge is 2.32. The molecule has 2 atom stereocenters. The Labute approximate surface area is 209 Å². The molecule has 0 bridgehead atoms. The first-order valence-corrected chi connectivity index (χ1v) is 13.1. The topological polar surface area (TPSA) is 89.5 Å². The smallest absolute Gasteiger partial charge is 0.273 e. The number of rotatable bonds is 5. The summed E-state index contributed by atoms with van der Waals surface area (Å²) in [5.74, 6) is -0.128. The third-order valence-corrected chi connectivity index (χ3v) is 8.21. The lowest BCUT2D eigenvalue weighted by Gasteiger charge is -2.30. The standard InChI is InChI=1S/C26H23FN4O2S2/c1-26(13-14-34-25(28)30-26)20-16-18(11-12-21(20)27)29-24(32)23-15-17-7-5-6-10-22(17)31(23)35(33)19-8-3-2-4-9-19/h2-12,15-16H,13-14H2,1H3,(H2,28,30)(H,29,32). The summed E-state index contributed by atoms with van der Waals surface area (Å²) >= 11 is 1.44. The fourth-order valence-corrected chi connectivity index (χ4v) is 6.44. The number of fused-ring (bicyclic) bond motifs is 1. The van der Waals surface area contributed by atoms with Crippen molar-refractivity contribution in [3.63, 3.8) is 0 Å². The van der Waals surface area contributed by atoms with Crippen molar-refractivity contribution in [3.05, 3.63) is 95.9 Å².